The molecule has 4 nitrogen and oxygen atoms in total. The topological polar surface area (TPSA) is 49.4 Å². The maximum atomic E-state index is 12.9. The number of hydrogen-bond acceptors (Lipinski definition) is 3. The van der Waals surface area contributed by atoms with Gasteiger partial charge in [-0.25, -0.2) is 0 Å². The third-order valence-electron chi connectivity index (χ3n) is 3.62. The summed E-state index contributed by atoms with van der Waals surface area (Å²) in [7, 11) is 0. The molecule has 6 heteroatoms. The Morgan fingerprint density at radius 1 is 1.12 bits per heavy atom. The van der Waals surface area contributed by atoms with Crippen molar-refractivity contribution in [3.05, 3.63) is 68.8 Å². The van der Waals surface area contributed by atoms with Crippen LogP contribution in [0, 0.1) is 10.5 Å². The van der Waals surface area contributed by atoms with Crippen LogP contribution in [-0.4, -0.2) is 16.9 Å². The molecule has 0 atom stereocenters. The van der Waals surface area contributed by atoms with Crippen molar-refractivity contribution < 1.29 is 9.59 Å². The highest BCUT2D eigenvalue weighted by Gasteiger charge is 2.34. The third-order valence-corrected chi connectivity index (χ3v) is 4.57. The molecule has 2 aromatic rings. The van der Waals surface area contributed by atoms with E-state index >= 15 is 0 Å². The van der Waals surface area contributed by atoms with Crippen molar-refractivity contribution in [2.45, 2.75) is 6.92 Å². The van der Waals surface area contributed by atoms with E-state index in [0.29, 0.717) is 5.69 Å². The van der Waals surface area contributed by atoms with Crippen LogP contribution in [0.2, 0.25) is 0 Å². The van der Waals surface area contributed by atoms with Gasteiger partial charge in [0.2, 0.25) is 0 Å². The number of nitrogens with zero attached hydrogens (tertiary/aromatic N) is 1. The molecular formula is C18H13IN2O2S. The van der Waals surface area contributed by atoms with Crippen LogP contribution in [0.25, 0.3) is 6.08 Å². The molecule has 1 N–H and O–H groups in total. The van der Waals surface area contributed by atoms with E-state index in [9.17, 15) is 9.59 Å². The fourth-order valence-corrected chi connectivity index (χ4v) is 3.29. The second kappa shape index (κ2) is 6.82. The molecule has 2 amide bonds. The van der Waals surface area contributed by atoms with Crippen molar-refractivity contribution in [2.24, 2.45) is 0 Å². The van der Waals surface area contributed by atoms with E-state index in [1.165, 1.54) is 4.90 Å². The molecule has 0 radical (unpaired) electrons. The largest absolute Gasteiger partial charge is 0.298 e. The Morgan fingerprint density at radius 2 is 1.88 bits per heavy atom. The summed E-state index contributed by atoms with van der Waals surface area (Å²) in [6.07, 6.45) is 1.59. The van der Waals surface area contributed by atoms with Crippen LogP contribution < -0.4 is 10.2 Å². The van der Waals surface area contributed by atoms with Crippen molar-refractivity contribution in [2.75, 3.05) is 4.90 Å². The lowest BCUT2D eigenvalue weighted by Crippen LogP contribution is -2.54. The molecular weight excluding hydrogens is 435 g/mol. The molecule has 0 unspecified atom stereocenters. The van der Waals surface area contributed by atoms with Gasteiger partial charge in [-0.05, 0) is 77.1 Å². The van der Waals surface area contributed by atoms with Gasteiger partial charge in [0.05, 0.1) is 5.69 Å². The Hall–Kier alpha value is -2.06. The summed E-state index contributed by atoms with van der Waals surface area (Å²) >= 11 is 7.39. The van der Waals surface area contributed by atoms with Gasteiger partial charge in [0.1, 0.15) is 5.57 Å². The molecule has 24 heavy (non-hydrogen) atoms. The number of benzene rings is 2. The van der Waals surface area contributed by atoms with Gasteiger partial charge in [0.15, 0.2) is 5.11 Å². The number of carbonyl (C=O) groups is 2. The minimum absolute atomic E-state index is 0.0638. The Kier molecular flexibility index (Phi) is 4.77. The fourth-order valence-electron chi connectivity index (χ4n) is 2.45. The Labute approximate surface area is 158 Å². The first-order valence-corrected chi connectivity index (χ1v) is 8.69. The number of para-hydroxylation sites is 1. The highest BCUT2D eigenvalue weighted by molar-refractivity contribution is 14.1. The second-order valence-electron chi connectivity index (χ2n) is 5.30. The van der Waals surface area contributed by atoms with Gasteiger partial charge in [0.25, 0.3) is 11.8 Å². The molecule has 120 valence electrons. The monoisotopic (exact) mass is 448 g/mol. The number of amides is 2. The summed E-state index contributed by atoms with van der Waals surface area (Å²) in [5.74, 6) is -0.898. The summed E-state index contributed by atoms with van der Waals surface area (Å²) in [6, 6.07) is 15.0. The average Bonchev–Trinajstić information content (AvgIpc) is 2.53. The number of thiocarbonyl (C=S) groups is 1. The van der Waals surface area contributed by atoms with Crippen molar-refractivity contribution in [1.82, 2.24) is 5.32 Å². The zero-order valence-electron chi connectivity index (χ0n) is 12.7. The van der Waals surface area contributed by atoms with E-state index < -0.39 is 11.8 Å². The third kappa shape index (κ3) is 3.25. The Bertz CT molecular complexity index is 892. The maximum absolute atomic E-state index is 12.9. The van der Waals surface area contributed by atoms with Gasteiger partial charge in [0, 0.05) is 3.57 Å². The van der Waals surface area contributed by atoms with Gasteiger partial charge in [-0.15, -0.1) is 0 Å². The van der Waals surface area contributed by atoms with Gasteiger partial charge >= 0.3 is 0 Å². The summed E-state index contributed by atoms with van der Waals surface area (Å²) in [5, 5.41) is 2.69. The summed E-state index contributed by atoms with van der Waals surface area (Å²) in [4.78, 5) is 26.5. The van der Waals surface area contributed by atoms with Crippen molar-refractivity contribution in [3.8, 4) is 0 Å². The molecule has 3 rings (SSSR count). The number of rotatable bonds is 2. The molecule has 1 aliphatic rings. The zero-order valence-corrected chi connectivity index (χ0v) is 15.7. The van der Waals surface area contributed by atoms with Crippen LogP contribution in [0.4, 0.5) is 5.69 Å². The fraction of sp³-hybridized carbons (Fsp3) is 0.0556. The second-order valence-corrected chi connectivity index (χ2v) is 6.93. The number of nitrogens with one attached hydrogen (secondary N) is 1. The lowest BCUT2D eigenvalue weighted by Gasteiger charge is -2.30. The normalized spacial score (nSPS) is 16.5. The Balaban J connectivity index is 2.05. The quantitative estimate of drug-likeness (QED) is 0.332. The van der Waals surface area contributed by atoms with Gasteiger partial charge in [-0.3, -0.25) is 19.8 Å². The minimum atomic E-state index is -0.478. The molecule has 0 saturated carbocycles. The molecule has 0 bridgehead atoms. The highest BCUT2D eigenvalue weighted by atomic mass is 127. The highest BCUT2D eigenvalue weighted by Crippen LogP contribution is 2.25. The van der Waals surface area contributed by atoms with Crippen LogP contribution in [0.5, 0.6) is 0 Å². The van der Waals surface area contributed by atoms with E-state index in [1.54, 1.807) is 12.1 Å². The predicted octanol–water partition coefficient (Wildman–Crippen LogP) is 3.43. The maximum Gasteiger partial charge on any atom is 0.270 e. The molecule has 0 spiro atoms. The first kappa shape index (κ1) is 16.8. The first-order valence-electron chi connectivity index (χ1n) is 7.20. The summed E-state index contributed by atoms with van der Waals surface area (Å²) < 4.78 is 1.02. The summed E-state index contributed by atoms with van der Waals surface area (Å²) in [5.41, 5.74) is 2.42. The number of carbonyl (C=O) groups excluding carboxylic acids is 2. The number of hydrogen-bond donors (Lipinski definition) is 1. The van der Waals surface area contributed by atoms with Crippen LogP contribution in [0.1, 0.15) is 11.1 Å². The van der Waals surface area contributed by atoms with E-state index in [2.05, 4.69) is 27.9 Å². The van der Waals surface area contributed by atoms with E-state index in [1.807, 2.05) is 49.4 Å². The lowest BCUT2D eigenvalue weighted by atomic mass is 10.1. The number of halogens is 1. The minimum Gasteiger partial charge on any atom is -0.298 e. The zero-order chi connectivity index (χ0) is 17.3. The Morgan fingerprint density at radius 3 is 2.58 bits per heavy atom. The molecule has 1 saturated heterocycles. The standard InChI is InChI=1S/C18H13IN2O2S/c1-11-5-2-3-8-15(11)21-17(23)14(16(22)20-18(21)24)10-12-6-4-7-13(19)9-12/h2-10H,1H3,(H,20,22,24)/b14-10+. The van der Waals surface area contributed by atoms with Crippen LogP contribution in [0.3, 0.4) is 0 Å². The van der Waals surface area contributed by atoms with Gasteiger partial charge in [-0.2, -0.15) is 0 Å². The predicted molar refractivity (Wildman–Crippen MR) is 107 cm³/mol. The molecule has 1 heterocycles. The number of anilines is 1. The SMILES string of the molecule is Cc1ccccc1N1C(=O)/C(=C/c2cccc(I)c2)C(=O)NC1=S. The van der Waals surface area contributed by atoms with Crippen LogP contribution >= 0.6 is 34.8 Å². The van der Waals surface area contributed by atoms with E-state index in [0.717, 1.165) is 14.7 Å². The van der Waals surface area contributed by atoms with E-state index in [4.69, 9.17) is 12.2 Å². The van der Waals surface area contributed by atoms with Gasteiger partial charge < -0.3 is 0 Å². The molecule has 0 aliphatic carbocycles. The van der Waals surface area contributed by atoms with Crippen molar-refractivity contribution >= 4 is 63.5 Å². The summed E-state index contributed by atoms with van der Waals surface area (Å²) in [6.45, 7) is 1.89. The first-order chi connectivity index (χ1) is 11.5. The molecule has 2 aromatic carbocycles. The van der Waals surface area contributed by atoms with Gasteiger partial charge in [-0.1, -0.05) is 30.3 Å². The smallest absolute Gasteiger partial charge is 0.270 e. The molecule has 1 aliphatic heterocycles. The molecule has 0 aromatic heterocycles. The van der Waals surface area contributed by atoms with Crippen molar-refractivity contribution in [3.63, 3.8) is 0 Å². The van der Waals surface area contributed by atoms with E-state index in [-0.39, 0.29) is 10.7 Å². The number of aryl methyl sites for hydroxylation is 1. The van der Waals surface area contributed by atoms with Crippen molar-refractivity contribution in [1.29, 1.82) is 0 Å². The molecule has 1 fully saturated rings. The van der Waals surface area contributed by atoms with Crippen LogP contribution in [-0.2, 0) is 9.59 Å². The average molecular weight is 448 g/mol. The lowest BCUT2D eigenvalue weighted by molar-refractivity contribution is -0.122. The van der Waals surface area contributed by atoms with Crippen LogP contribution in [0.15, 0.2) is 54.1 Å².